The molecule has 0 aromatic heterocycles. The molecule has 2 aromatic rings. The number of halogens is 2. The highest BCUT2D eigenvalue weighted by Crippen LogP contribution is 2.38. The summed E-state index contributed by atoms with van der Waals surface area (Å²) in [5, 5.41) is 3.61. The number of nitrogens with zero attached hydrogens (tertiary/aromatic N) is 1. The number of nitrogens with one attached hydrogen (secondary N) is 1. The highest BCUT2D eigenvalue weighted by atomic mass is 35.5. The van der Waals surface area contributed by atoms with Gasteiger partial charge in [0.1, 0.15) is 18.0 Å². The van der Waals surface area contributed by atoms with Gasteiger partial charge in [0.25, 0.3) is 0 Å². The largest absolute Gasteiger partial charge is 0.495 e. The molecule has 0 heterocycles. The van der Waals surface area contributed by atoms with Crippen LogP contribution in [-0.4, -0.2) is 32.6 Å². The average molecular weight is 397 g/mol. The van der Waals surface area contributed by atoms with Gasteiger partial charge in [-0.2, -0.15) is 0 Å². The molecular formula is C18H18Cl2N2O4. The number of rotatable bonds is 6. The van der Waals surface area contributed by atoms with Gasteiger partial charge in [0.15, 0.2) is 0 Å². The summed E-state index contributed by atoms with van der Waals surface area (Å²) >= 11 is 11.9. The van der Waals surface area contributed by atoms with E-state index in [0.29, 0.717) is 32.9 Å². The second-order valence-corrected chi connectivity index (χ2v) is 6.16. The smallest absolute Gasteiger partial charge is 0.244 e. The molecule has 1 N–H and O–H groups in total. The number of hydrogen-bond donors (Lipinski definition) is 1. The van der Waals surface area contributed by atoms with E-state index in [1.807, 2.05) is 0 Å². The lowest BCUT2D eigenvalue weighted by molar-refractivity contribution is -0.120. The Labute approximate surface area is 161 Å². The van der Waals surface area contributed by atoms with Crippen LogP contribution in [-0.2, 0) is 9.59 Å². The van der Waals surface area contributed by atoms with Crippen molar-refractivity contribution < 1.29 is 19.1 Å². The van der Waals surface area contributed by atoms with Crippen LogP contribution in [0, 0.1) is 0 Å². The third-order valence-corrected chi connectivity index (χ3v) is 4.10. The van der Waals surface area contributed by atoms with Crippen LogP contribution in [0.1, 0.15) is 6.92 Å². The summed E-state index contributed by atoms with van der Waals surface area (Å²) in [5.74, 6) is 0.00884. The molecule has 0 fully saturated rings. The van der Waals surface area contributed by atoms with E-state index in [1.54, 1.807) is 30.3 Å². The first kappa shape index (κ1) is 19.9. The molecule has 2 amide bonds. The molecule has 0 saturated carbocycles. The van der Waals surface area contributed by atoms with Gasteiger partial charge in [-0.3, -0.25) is 14.5 Å². The Morgan fingerprint density at radius 3 is 2.19 bits per heavy atom. The summed E-state index contributed by atoms with van der Waals surface area (Å²) in [5.41, 5.74) is 0.955. The van der Waals surface area contributed by atoms with Gasteiger partial charge in [-0.05, 0) is 24.3 Å². The van der Waals surface area contributed by atoms with Crippen molar-refractivity contribution in [2.45, 2.75) is 6.92 Å². The number of hydrogen-bond acceptors (Lipinski definition) is 4. The molecule has 0 radical (unpaired) electrons. The summed E-state index contributed by atoms with van der Waals surface area (Å²) in [4.78, 5) is 25.8. The molecule has 0 unspecified atom stereocenters. The van der Waals surface area contributed by atoms with Gasteiger partial charge < -0.3 is 14.8 Å². The Bertz CT molecular complexity index is 810. The molecule has 0 aliphatic rings. The Balaban J connectivity index is 2.27. The van der Waals surface area contributed by atoms with E-state index in [4.69, 9.17) is 32.7 Å². The second-order valence-electron chi connectivity index (χ2n) is 5.32. The van der Waals surface area contributed by atoms with E-state index in [1.165, 1.54) is 32.1 Å². The first-order chi connectivity index (χ1) is 12.3. The van der Waals surface area contributed by atoms with Crippen LogP contribution in [0.3, 0.4) is 0 Å². The lowest BCUT2D eigenvalue weighted by Crippen LogP contribution is -2.37. The van der Waals surface area contributed by atoms with Crippen LogP contribution < -0.4 is 19.7 Å². The minimum absolute atomic E-state index is 0.209. The highest BCUT2D eigenvalue weighted by Gasteiger charge is 2.22. The maximum atomic E-state index is 12.4. The maximum Gasteiger partial charge on any atom is 0.244 e. The van der Waals surface area contributed by atoms with Crippen LogP contribution in [0.25, 0.3) is 0 Å². The molecule has 0 aliphatic carbocycles. The van der Waals surface area contributed by atoms with Gasteiger partial charge in [0.05, 0.1) is 24.9 Å². The molecule has 2 aromatic carbocycles. The number of carbonyl (C=O) groups excluding carboxylic acids is 2. The molecule has 0 aliphatic heterocycles. The number of carbonyl (C=O) groups is 2. The molecule has 0 bridgehead atoms. The zero-order valence-electron chi connectivity index (χ0n) is 14.5. The summed E-state index contributed by atoms with van der Waals surface area (Å²) in [6.45, 7) is 1.15. The maximum absolute atomic E-state index is 12.4. The molecule has 26 heavy (non-hydrogen) atoms. The van der Waals surface area contributed by atoms with Crippen LogP contribution in [0.2, 0.25) is 10.0 Å². The van der Waals surface area contributed by atoms with Crippen molar-refractivity contribution in [1.82, 2.24) is 0 Å². The van der Waals surface area contributed by atoms with Gasteiger partial charge >= 0.3 is 0 Å². The van der Waals surface area contributed by atoms with Crippen molar-refractivity contribution in [3.63, 3.8) is 0 Å². The van der Waals surface area contributed by atoms with E-state index in [-0.39, 0.29) is 18.4 Å². The topological polar surface area (TPSA) is 67.9 Å². The molecule has 2 rings (SSSR count). The minimum Gasteiger partial charge on any atom is -0.495 e. The standard InChI is InChI=1S/C18H18Cl2N2O4/c1-11(23)22(10-18(24)21-13-6-4-12(19)5-7-13)15-9-16(25-2)14(20)8-17(15)26-3/h4-9H,10H2,1-3H3,(H,21,24). The van der Waals surface area contributed by atoms with E-state index in [2.05, 4.69) is 5.32 Å². The second kappa shape index (κ2) is 8.78. The summed E-state index contributed by atoms with van der Waals surface area (Å²) in [6, 6.07) is 9.75. The van der Waals surface area contributed by atoms with Crippen molar-refractivity contribution in [3.05, 3.63) is 46.4 Å². The van der Waals surface area contributed by atoms with Crippen molar-refractivity contribution in [1.29, 1.82) is 0 Å². The first-order valence-corrected chi connectivity index (χ1v) is 8.36. The number of benzene rings is 2. The van der Waals surface area contributed by atoms with Crippen molar-refractivity contribution in [2.75, 3.05) is 31.0 Å². The molecule has 8 heteroatoms. The fraction of sp³-hybridized carbons (Fsp3) is 0.222. The monoisotopic (exact) mass is 396 g/mol. The molecular weight excluding hydrogens is 379 g/mol. The minimum atomic E-state index is -0.376. The Morgan fingerprint density at radius 2 is 1.65 bits per heavy atom. The van der Waals surface area contributed by atoms with E-state index >= 15 is 0 Å². The van der Waals surface area contributed by atoms with Gasteiger partial charge in [0.2, 0.25) is 11.8 Å². The summed E-state index contributed by atoms with van der Waals surface area (Å²) in [7, 11) is 2.91. The van der Waals surface area contributed by atoms with Gasteiger partial charge in [-0.25, -0.2) is 0 Å². The van der Waals surface area contributed by atoms with E-state index in [9.17, 15) is 9.59 Å². The molecule has 0 spiro atoms. The lowest BCUT2D eigenvalue weighted by atomic mass is 10.2. The number of methoxy groups -OCH3 is 2. The number of amides is 2. The predicted molar refractivity (Wildman–Crippen MR) is 103 cm³/mol. The lowest BCUT2D eigenvalue weighted by Gasteiger charge is -2.23. The zero-order valence-corrected chi connectivity index (χ0v) is 16.0. The van der Waals surface area contributed by atoms with Crippen LogP contribution in [0.15, 0.2) is 36.4 Å². The van der Waals surface area contributed by atoms with Crippen molar-refractivity contribution in [2.24, 2.45) is 0 Å². The van der Waals surface area contributed by atoms with Crippen molar-refractivity contribution >= 4 is 46.4 Å². The van der Waals surface area contributed by atoms with Crippen LogP contribution >= 0.6 is 23.2 Å². The van der Waals surface area contributed by atoms with Gasteiger partial charge in [-0.1, -0.05) is 23.2 Å². The normalized spacial score (nSPS) is 10.2. The highest BCUT2D eigenvalue weighted by molar-refractivity contribution is 6.32. The molecule has 138 valence electrons. The third-order valence-electron chi connectivity index (χ3n) is 3.55. The SMILES string of the molecule is COc1cc(N(CC(=O)Nc2ccc(Cl)cc2)C(C)=O)c(OC)cc1Cl. The first-order valence-electron chi connectivity index (χ1n) is 7.60. The Morgan fingerprint density at radius 1 is 1.04 bits per heavy atom. The number of ether oxygens (including phenoxy) is 2. The average Bonchev–Trinajstić information content (AvgIpc) is 2.61. The van der Waals surface area contributed by atoms with Gasteiger partial charge in [0, 0.05) is 29.8 Å². The summed E-state index contributed by atoms with van der Waals surface area (Å²) in [6.07, 6.45) is 0. The van der Waals surface area contributed by atoms with Crippen molar-refractivity contribution in [3.8, 4) is 11.5 Å². The Kier molecular flexibility index (Phi) is 6.71. The molecule has 0 atom stereocenters. The summed E-state index contributed by atoms with van der Waals surface area (Å²) < 4.78 is 10.5. The zero-order chi connectivity index (χ0) is 19.3. The quantitative estimate of drug-likeness (QED) is 0.800. The fourth-order valence-corrected chi connectivity index (χ4v) is 2.66. The third kappa shape index (κ3) is 4.80. The fourth-order valence-electron chi connectivity index (χ4n) is 2.30. The van der Waals surface area contributed by atoms with Crippen LogP contribution in [0.4, 0.5) is 11.4 Å². The Hall–Kier alpha value is -2.44. The molecule has 0 saturated heterocycles. The predicted octanol–water partition coefficient (Wildman–Crippen LogP) is 4.00. The van der Waals surface area contributed by atoms with E-state index in [0.717, 1.165) is 0 Å². The van der Waals surface area contributed by atoms with E-state index < -0.39 is 0 Å². The van der Waals surface area contributed by atoms with Gasteiger partial charge in [-0.15, -0.1) is 0 Å². The molecule has 6 nitrogen and oxygen atoms in total. The number of anilines is 2. The van der Waals surface area contributed by atoms with Crippen LogP contribution in [0.5, 0.6) is 11.5 Å².